The van der Waals surface area contributed by atoms with E-state index in [2.05, 4.69) is 10.2 Å². The van der Waals surface area contributed by atoms with Crippen molar-refractivity contribution < 1.29 is 27.1 Å². The summed E-state index contributed by atoms with van der Waals surface area (Å²) in [5.41, 5.74) is 0. The maximum Gasteiger partial charge on any atom is 0.397 e. The molecule has 24 heavy (non-hydrogen) atoms. The summed E-state index contributed by atoms with van der Waals surface area (Å²) >= 11 is 0. The van der Waals surface area contributed by atoms with Crippen molar-refractivity contribution in [1.82, 2.24) is 15.1 Å². The van der Waals surface area contributed by atoms with Gasteiger partial charge in [-0.1, -0.05) is 6.42 Å². The Labute approximate surface area is 136 Å². The monoisotopic (exact) mass is 345 g/mol. The topological polar surface area (TPSA) is 75.5 Å². The van der Waals surface area contributed by atoms with Crippen molar-refractivity contribution in [2.45, 2.75) is 51.1 Å². The van der Waals surface area contributed by atoms with Crippen LogP contribution in [-0.2, 0) is 19.6 Å². The number of hydrogen-bond donors (Lipinski definition) is 1. The summed E-state index contributed by atoms with van der Waals surface area (Å²) in [4.78, 5) is 2.05. The van der Waals surface area contributed by atoms with Gasteiger partial charge in [0.25, 0.3) is 0 Å². The van der Waals surface area contributed by atoms with Gasteiger partial charge in [-0.05, 0) is 31.5 Å². The summed E-state index contributed by atoms with van der Waals surface area (Å²) in [5, 5.41) is 16.4. The van der Waals surface area contributed by atoms with Gasteiger partial charge in [-0.3, -0.25) is 4.90 Å². The van der Waals surface area contributed by atoms with Crippen LogP contribution in [-0.4, -0.2) is 32.9 Å². The normalized spacial score (nSPS) is 19.8. The van der Waals surface area contributed by atoms with E-state index in [1.54, 1.807) is 12.1 Å². The molecular weight excluding hydrogens is 327 g/mol. The van der Waals surface area contributed by atoms with Crippen LogP contribution in [0.1, 0.15) is 48.6 Å². The highest BCUT2D eigenvalue weighted by Gasteiger charge is 2.33. The zero-order valence-electron chi connectivity index (χ0n) is 12.9. The molecule has 0 spiro atoms. The second kappa shape index (κ2) is 6.94. The van der Waals surface area contributed by atoms with Crippen molar-refractivity contribution in [3.8, 4) is 0 Å². The fourth-order valence-corrected chi connectivity index (χ4v) is 2.90. The molecule has 3 heterocycles. The average molecular weight is 345 g/mol. The van der Waals surface area contributed by atoms with Gasteiger partial charge in [0.05, 0.1) is 12.6 Å². The molecule has 3 rings (SSSR count). The summed E-state index contributed by atoms with van der Waals surface area (Å²) in [6.07, 6.45) is -2.93. The molecule has 1 aliphatic heterocycles. The highest BCUT2D eigenvalue weighted by molar-refractivity contribution is 5.07. The number of halogens is 3. The summed E-state index contributed by atoms with van der Waals surface area (Å²) < 4.78 is 48.0. The minimum Gasteiger partial charge on any atom is -0.462 e. The number of likely N-dealkylation sites (tertiary alicyclic amines) is 1. The molecule has 132 valence electrons. The van der Waals surface area contributed by atoms with E-state index in [1.807, 2.05) is 4.90 Å². The summed E-state index contributed by atoms with van der Waals surface area (Å²) in [6.45, 7) is 1.06. The molecule has 1 aliphatic rings. The third kappa shape index (κ3) is 4.15. The van der Waals surface area contributed by atoms with Crippen LogP contribution in [0.2, 0.25) is 0 Å². The van der Waals surface area contributed by atoms with Crippen LogP contribution in [0, 0.1) is 0 Å². The Hall–Kier alpha value is -1.87. The zero-order chi connectivity index (χ0) is 17.2. The number of hydrogen-bond acceptors (Lipinski definition) is 6. The van der Waals surface area contributed by atoms with Crippen molar-refractivity contribution in [2.75, 3.05) is 6.54 Å². The lowest BCUT2D eigenvalue weighted by molar-refractivity contribution is -0.131. The van der Waals surface area contributed by atoms with Crippen LogP contribution in [0.5, 0.6) is 0 Å². The lowest BCUT2D eigenvalue weighted by Gasteiger charge is -2.32. The molecule has 1 unspecified atom stereocenters. The third-order valence-corrected chi connectivity index (χ3v) is 3.96. The predicted octanol–water partition coefficient (Wildman–Crippen LogP) is 2.99. The zero-order valence-corrected chi connectivity index (χ0v) is 12.9. The van der Waals surface area contributed by atoms with E-state index >= 15 is 0 Å². The Morgan fingerprint density at radius 1 is 1.17 bits per heavy atom. The average Bonchev–Trinajstić information content (AvgIpc) is 3.15. The van der Waals surface area contributed by atoms with E-state index in [1.165, 1.54) is 0 Å². The van der Waals surface area contributed by atoms with E-state index in [0.717, 1.165) is 25.8 Å². The number of rotatable bonds is 5. The van der Waals surface area contributed by atoms with E-state index in [4.69, 9.17) is 13.9 Å². The second-order valence-corrected chi connectivity index (χ2v) is 5.83. The Morgan fingerprint density at radius 3 is 2.67 bits per heavy atom. The fraction of sp³-hybridized carbons (Fsp3) is 0.600. The maximum absolute atomic E-state index is 12.4. The first kappa shape index (κ1) is 17.0. The van der Waals surface area contributed by atoms with Gasteiger partial charge in [0, 0.05) is 0 Å². The second-order valence-electron chi connectivity index (χ2n) is 5.83. The lowest BCUT2D eigenvalue weighted by atomic mass is 10.0. The Morgan fingerprint density at radius 2 is 1.96 bits per heavy atom. The molecule has 2 aromatic rings. The van der Waals surface area contributed by atoms with Gasteiger partial charge >= 0.3 is 6.18 Å². The smallest absolute Gasteiger partial charge is 0.397 e. The quantitative estimate of drug-likeness (QED) is 0.898. The molecular formula is C15H18F3N3O3. The number of piperidine rings is 1. The Bertz CT molecular complexity index is 668. The lowest BCUT2D eigenvalue weighted by Crippen LogP contribution is -2.33. The summed E-state index contributed by atoms with van der Waals surface area (Å²) in [6, 6.07) is 3.25. The molecule has 1 N–H and O–H groups in total. The van der Waals surface area contributed by atoms with Gasteiger partial charge in [-0.2, -0.15) is 13.2 Å². The van der Waals surface area contributed by atoms with E-state index < -0.39 is 18.5 Å². The molecule has 0 aliphatic carbocycles. The van der Waals surface area contributed by atoms with E-state index in [-0.39, 0.29) is 18.5 Å². The van der Waals surface area contributed by atoms with Crippen LogP contribution in [0.3, 0.4) is 0 Å². The minimum atomic E-state index is -4.37. The molecule has 1 saturated heterocycles. The van der Waals surface area contributed by atoms with Crippen molar-refractivity contribution in [3.63, 3.8) is 0 Å². The predicted molar refractivity (Wildman–Crippen MR) is 75.7 cm³/mol. The standard InChI is InChI=1S/C15H18F3N3O3/c16-15(17,18)7-13-19-20-14(24-13)12-3-1-2-6-21(12)8-10-4-5-11(9-22)23-10/h4-5,12,22H,1-3,6-9H2. The van der Waals surface area contributed by atoms with Crippen molar-refractivity contribution in [2.24, 2.45) is 0 Å². The van der Waals surface area contributed by atoms with Crippen LogP contribution < -0.4 is 0 Å². The number of aromatic nitrogens is 2. The number of furan rings is 1. The first-order valence-corrected chi connectivity index (χ1v) is 7.76. The number of aliphatic hydroxyl groups is 1. The van der Waals surface area contributed by atoms with Gasteiger partial charge in [-0.25, -0.2) is 0 Å². The molecule has 9 heteroatoms. The van der Waals surface area contributed by atoms with Crippen molar-refractivity contribution in [3.05, 3.63) is 35.4 Å². The van der Waals surface area contributed by atoms with Crippen molar-refractivity contribution in [1.29, 1.82) is 0 Å². The van der Waals surface area contributed by atoms with Crippen LogP contribution in [0.4, 0.5) is 13.2 Å². The highest BCUT2D eigenvalue weighted by Crippen LogP contribution is 2.32. The van der Waals surface area contributed by atoms with Crippen LogP contribution in [0.15, 0.2) is 21.0 Å². The third-order valence-electron chi connectivity index (χ3n) is 3.96. The first-order chi connectivity index (χ1) is 11.4. The first-order valence-electron chi connectivity index (χ1n) is 7.76. The number of aliphatic hydroxyl groups excluding tert-OH is 1. The molecule has 0 amide bonds. The molecule has 1 fully saturated rings. The molecule has 0 bridgehead atoms. The SMILES string of the molecule is OCc1ccc(CN2CCCCC2c2nnc(CC(F)(F)F)o2)o1. The number of alkyl halides is 3. The fourth-order valence-electron chi connectivity index (χ4n) is 2.90. The van der Waals surface area contributed by atoms with Gasteiger partial charge in [0.2, 0.25) is 11.8 Å². The highest BCUT2D eigenvalue weighted by atomic mass is 19.4. The molecule has 1 atom stereocenters. The molecule has 0 aromatic carbocycles. The number of nitrogens with zero attached hydrogens (tertiary/aromatic N) is 3. The Balaban J connectivity index is 1.72. The van der Waals surface area contributed by atoms with Gasteiger partial charge in [0.1, 0.15) is 24.5 Å². The molecule has 6 nitrogen and oxygen atoms in total. The molecule has 0 saturated carbocycles. The van der Waals surface area contributed by atoms with E-state index in [9.17, 15) is 13.2 Å². The minimum absolute atomic E-state index is 0.173. The largest absolute Gasteiger partial charge is 0.462 e. The van der Waals surface area contributed by atoms with E-state index in [0.29, 0.717) is 18.1 Å². The summed E-state index contributed by atoms with van der Waals surface area (Å²) in [7, 11) is 0. The van der Waals surface area contributed by atoms with Crippen LogP contribution >= 0.6 is 0 Å². The molecule has 0 radical (unpaired) electrons. The van der Waals surface area contributed by atoms with Gasteiger partial charge < -0.3 is 13.9 Å². The summed E-state index contributed by atoms with van der Waals surface area (Å²) in [5.74, 6) is 0.955. The van der Waals surface area contributed by atoms with Crippen molar-refractivity contribution >= 4 is 0 Å². The molecule has 2 aromatic heterocycles. The maximum atomic E-state index is 12.4. The van der Waals surface area contributed by atoms with Crippen LogP contribution in [0.25, 0.3) is 0 Å². The van der Waals surface area contributed by atoms with Gasteiger partial charge in [0.15, 0.2) is 0 Å². The van der Waals surface area contributed by atoms with Gasteiger partial charge in [-0.15, -0.1) is 10.2 Å². The Kier molecular flexibility index (Phi) is 4.91.